The zero-order chi connectivity index (χ0) is 13.2. The van der Waals surface area contributed by atoms with E-state index in [-0.39, 0.29) is 0 Å². The van der Waals surface area contributed by atoms with Crippen LogP contribution in [0, 0.1) is 18.3 Å². The Morgan fingerprint density at radius 3 is 2.67 bits per heavy atom. The molecule has 0 saturated carbocycles. The maximum Gasteiger partial charge on any atom is 0.148 e. The van der Waals surface area contributed by atoms with Crippen molar-refractivity contribution >= 4 is 0 Å². The van der Waals surface area contributed by atoms with E-state index in [2.05, 4.69) is 31.2 Å². The van der Waals surface area contributed by atoms with Gasteiger partial charge in [-0.05, 0) is 18.5 Å². The van der Waals surface area contributed by atoms with Gasteiger partial charge in [0.15, 0.2) is 0 Å². The van der Waals surface area contributed by atoms with Crippen molar-refractivity contribution in [3.8, 4) is 18.1 Å². The van der Waals surface area contributed by atoms with Crippen molar-refractivity contribution in [2.24, 2.45) is 5.92 Å². The first-order valence-electron chi connectivity index (χ1n) is 6.66. The smallest absolute Gasteiger partial charge is 0.148 e. The predicted octanol–water partition coefficient (Wildman–Crippen LogP) is 3.22. The third-order valence-corrected chi connectivity index (χ3v) is 3.19. The highest BCUT2D eigenvalue weighted by atomic mass is 16.5. The zero-order valence-electron chi connectivity index (χ0n) is 11.4. The van der Waals surface area contributed by atoms with Gasteiger partial charge >= 0.3 is 0 Å². The van der Waals surface area contributed by atoms with E-state index in [0.717, 1.165) is 24.8 Å². The number of hydrogen-bond donors (Lipinski definition) is 1. The largest absolute Gasteiger partial charge is 0.481 e. The summed E-state index contributed by atoms with van der Waals surface area (Å²) in [6.07, 6.45) is 7.65. The summed E-state index contributed by atoms with van der Waals surface area (Å²) in [5, 5.41) is 3.49. The fraction of sp³-hybridized carbons (Fsp3) is 0.500. The molecular formula is C16H23NO. The second kappa shape index (κ2) is 8.60. The third-order valence-electron chi connectivity index (χ3n) is 3.19. The van der Waals surface area contributed by atoms with Crippen LogP contribution in [0.4, 0.5) is 0 Å². The lowest BCUT2D eigenvalue weighted by molar-refractivity contribution is 0.363. The molecule has 2 nitrogen and oxygen atoms in total. The summed E-state index contributed by atoms with van der Waals surface area (Å²) in [6.45, 7) is 6.68. The molecule has 0 radical (unpaired) electrons. The summed E-state index contributed by atoms with van der Waals surface area (Å²) in [5.74, 6) is 4.13. The summed E-state index contributed by atoms with van der Waals surface area (Å²) >= 11 is 0. The molecule has 1 aromatic carbocycles. The van der Waals surface area contributed by atoms with Crippen LogP contribution in [0.1, 0.15) is 32.3 Å². The first-order valence-corrected chi connectivity index (χ1v) is 6.66. The Hall–Kier alpha value is -1.46. The van der Waals surface area contributed by atoms with Crippen LogP contribution in [0.3, 0.4) is 0 Å². The monoisotopic (exact) mass is 245 g/mol. The second-order valence-corrected chi connectivity index (χ2v) is 4.41. The van der Waals surface area contributed by atoms with Crippen LogP contribution < -0.4 is 10.1 Å². The molecule has 0 bridgehead atoms. The Balaban J connectivity index is 2.48. The van der Waals surface area contributed by atoms with Gasteiger partial charge in [-0.2, -0.15) is 0 Å². The van der Waals surface area contributed by atoms with E-state index >= 15 is 0 Å². The highest BCUT2D eigenvalue weighted by Crippen LogP contribution is 2.17. The van der Waals surface area contributed by atoms with E-state index in [1.807, 2.05) is 18.2 Å². The SMILES string of the molecule is C#CCOc1ccccc1CNCC(CC)CC. The van der Waals surface area contributed by atoms with Gasteiger partial charge in [-0.25, -0.2) is 0 Å². The quantitative estimate of drug-likeness (QED) is 0.710. The molecule has 0 unspecified atom stereocenters. The lowest BCUT2D eigenvalue weighted by atomic mass is 10.0. The molecule has 18 heavy (non-hydrogen) atoms. The van der Waals surface area contributed by atoms with Crippen molar-refractivity contribution in [1.82, 2.24) is 5.32 Å². The molecule has 0 amide bonds. The summed E-state index contributed by atoms with van der Waals surface area (Å²) in [4.78, 5) is 0. The molecule has 0 saturated heterocycles. The number of para-hydroxylation sites is 1. The Kier molecular flexibility index (Phi) is 6.98. The minimum absolute atomic E-state index is 0.323. The van der Waals surface area contributed by atoms with Gasteiger partial charge in [0.25, 0.3) is 0 Å². The van der Waals surface area contributed by atoms with Gasteiger partial charge in [0.2, 0.25) is 0 Å². The summed E-state index contributed by atoms with van der Waals surface area (Å²) in [7, 11) is 0. The van der Waals surface area contributed by atoms with Gasteiger partial charge in [-0.1, -0.05) is 50.8 Å². The molecule has 0 aliphatic heterocycles. The number of ether oxygens (including phenoxy) is 1. The molecule has 0 spiro atoms. The molecule has 0 atom stereocenters. The van der Waals surface area contributed by atoms with Crippen LogP contribution in [0.25, 0.3) is 0 Å². The fourth-order valence-corrected chi connectivity index (χ4v) is 1.90. The number of benzene rings is 1. The first-order chi connectivity index (χ1) is 8.81. The average molecular weight is 245 g/mol. The van der Waals surface area contributed by atoms with Gasteiger partial charge < -0.3 is 10.1 Å². The normalized spacial score (nSPS) is 10.3. The first kappa shape index (κ1) is 14.6. The van der Waals surface area contributed by atoms with Crippen molar-refractivity contribution in [2.75, 3.05) is 13.2 Å². The van der Waals surface area contributed by atoms with E-state index in [1.165, 1.54) is 18.4 Å². The van der Waals surface area contributed by atoms with E-state index in [1.54, 1.807) is 0 Å². The third kappa shape index (κ3) is 4.81. The van der Waals surface area contributed by atoms with E-state index in [9.17, 15) is 0 Å². The van der Waals surface area contributed by atoms with Crippen LogP contribution in [-0.4, -0.2) is 13.2 Å². The van der Waals surface area contributed by atoms with Gasteiger partial charge in [0, 0.05) is 12.1 Å². The Morgan fingerprint density at radius 1 is 1.28 bits per heavy atom. The molecule has 0 aromatic heterocycles. The summed E-state index contributed by atoms with van der Waals surface area (Å²) in [5.41, 5.74) is 1.17. The minimum Gasteiger partial charge on any atom is -0.481 e. The highest BCUT2D eigenvalue weighted by Gasteiger charge is 2.05. The molecule has 1 rings (SSSR count). The lowest BCUT2D eigenvalue weighted by Gasteiger charge is -2.14. The van der Waals surface area contributed by atoms with E-state index in [0.29, 0.717) is 6.61 Å². The van der Waals surface area contributed by atoms with Crippen molar-refractivity contribution in [2.45, 2.75) is 33.2 Å². The highest BCUT2D eigenvalue weighted by molar-refractivity contribution is 5.33. The van der Waals surface area contributed by atoms with Gasteiger partial charge in [-0.3, -0.25) is 0 Å². The van der Waals surface area contributed by atoms with Crippen LogP contribution in [0.5, 0.6) is 5.75 Å². The van der Waals surface area contributed by atoms with Crippen LogP contribution in [0.15, 0.2) is 24.3 Å². The van der Waals surface area contributed by atoms with Gasteiger partial charge in [-0.15, -0.1) is 6.42 Å². The minimum atomic E-state index is 0.323. The average Bonchev–Trinajstić information content (AvgIpc) is 2.42. The number of nitrogens with one attached hydrogen (secondary N) is 1. The maximum absolute atomic E-state index is 5.52. The van der Waals surface area contributed by atoms with Crippen LogP contribution in [0.2, 0.25) is 0 Å². The Bertz CT molecular complexity index is 377. The topological polar surface area (TPSA) is 21.3 Å². The van der Waals surface area contributed by atoms with E-state index in [4.69, 9.17) is 11.2 Å². The molecule has 2 heteroatoms. The number of hydrogen-bond acceptors (Lipinski definition) is 2. The van der Waals surface area contributed by atoms with Crippen molar-refractivity contribution in [1.29, 1.82) is 0 Å². The molecule has 1 aromatic rings. The second-order valence-electron chi connectivity index (χ2n) is 4.41. The Labute approximate surface area is 111 Å². The standard InChI is InChI=1S/C16H23NO/c1-4-11-18-16-10-8-7-9-15(16)13-17-12-14(5-2)6-3/h1,7-10,14,17H,5-6,11-13H2,2-3H3. The molecule has 0 fully saturated rings. The van der Waals surface area contributed by atoms with Crippen molar-refractivity contribution in [3.05, 3.63) is 29.8 Å². The number of rotatable bonds is 8. The molecule has 0 heterocycles. The molecule has 0 aliphatic rings. The van der Waals surface area contributed by atoms with Gasteiger partial charge in [0.1, 0.15) is 12.4 Å². The maximum atomic E-state index is 5.52. The summed E-state index contributed by atoms with van der Waals surface area (Å²) in [6, 6.07) is 8.03. The fourth-order valence-electron chi connectivity index (χ4n) is 1.90. The van der Waals surface area contributed by atoms with Crippen LogP contribution in [-0.2, 0) is 6.54 Å². The predicted molar refractivity (Wildman–Crippen MR) is 76.5 cm³/mol. The van der Waals surface area contributed by atoms with Crippen molar-refractivity contribution in [3.63, 3.8) is 0 Å². The van der Waals surface area contributed by atoms with E-state index < -0.39 is 0 Å². The molecule has 1 N–H and O–H groups in total. The number of terminal acetylenes is 1. The lowest BCUT2D eigenvalue weighted by Crippen LogP contribution is -2.22. The van der Waals surface area contributed by atoms with Crippen LogP contribution >= 0.6 is 0 Å². The molecular weight excluding hydrogens is 222 g/mol. The van der Waals surface area contributed by atoms with Crippen molar-refractivity contribution < 1.29 is 4.74 Å². The zero-order valence-corrected chi connectivity index (χ0v) is 11.4. The Morgan fingerprint density at radius 2 is 2.00 bits per heavy atom. The van der Waals surface area contributed by atoms with Gasteiger partial charge in [0.05, 0.1) is 0 Å². The summed E-state index contributed by atoms with van der Waals surface area (Å²) < 4.78 is 5.52. The molecule has 98 valence electrons. The molecule has 0 aliphatic carbocycles.